The van der Waals surface area contributed by atoms with Crippen molar-refractivity contribution in [2.45, 2.75) is 26.5 Å². The van der Waals surface area contributed by atoms with Crippen LogP contribution < -0.4 is 10.1 Å². The summed E-state index contributed by atoms with van der Waals surface area (Å²) in [6.45, 7) is 3.44. The van der Waals surface area contributed by atoms with E-state index in [4.69, 9.17) is 16.3 Å². The zero-order valence-electron chi connectivity index (χ0n) is 15.5. The van der Waals surface area contributed by atoms with Gasteiger partial charge in [0.15, 0.2) is 0 Å². The van der Waals surface area contributed by atoms with Crippen molar-refractivity contribution in [1.82, 2.24) is 4.31 Å². The smallest absolute Gasteiger partial charge is 0.239 e. The Balaban J connectivity index is 2.15. The first-order valence-corrected chi connectivity index (χ1v) is 10.6. The molecule has 2 aromatic rings. The van der Waals surface area contributed by atoms with E-state index in [9.17, 15) is 13.2 Å². The Hall–Kier alpha value is -2.09. The Morgan fingerprint density at radius 3 is 2.41 bits per heavy atom. The summed E-state index contributed by atoms with van der Waals surface area (Å²) in [5.74, 6) is 0.0603. The van der Waals surface area contributed by atoms with Crippen LogP contribution in [-0.4, -0.2) is 37.5 Å². The van der Waals surface area contributed by atoms with Crippen LogP contribution >= 0.6 is 11.6 Å². The van der Waals surface area contributed by atoms with Crippen LogP contribution in [0.1, 0.15) is 19.4 Å². The Labute approximate surface area is 165 Å². The van der Waals surface area contributed by atoms with Crippen LogP contribution in [0.3, 0.4) is 0 Å². The lowest BCUT2D eigenvalue weighted by atomic mass is 10.2. The summed E-state index contributed by atoms with van der Waals surface area (Å²) in [5, 5.41) is 3.16. The van der Waals surface area contributed by atoms with Crippen LogP contribution in [0.5, 0.6) is 5.75 Å². The lowest BCUT2D eigenvalue weighted by Gasteiger charge is -2.21. The minimum Gasteiger partial charge on any atom is -0.489 e. The highest BCUT2D eigenvalue weighted by atomic mass is 35.5. The maximum atomic E-state index is 12.5. The molecule has 1 amide bonds. The highest BCUT2D eigenvalue weighted by Crippen LogP contribution is 2.25. The molecule has 6 nitrogen and oxygen atoms in total. The van der Waals surface area contributed by atoms with Gasteiger partial charge in [-0.3, -0.25) is 4.79 Å². The predicted octanol–water partition coefficient (Wildman–Crippen LogP) is 3.53. The van der Waals surface area contributed by atoms with Gasteiger partial charge in [0.2, 0.25) is 15.9 Å². The van der Waals surface area contributed by atoms with Gasteiger partial charge in [-0.15, -0.1) is 0 Å². The first-order valence-electron chi connectivity index (χ1n) is 8.41. The molecular formula is C19H23ClN2O4S. The molecule has 0 spiro atoms. The fourth-order valence-electron chi connectivity index (χ4n) is 2.38. The predicted molar refractivity (Wildman–Crippen MR) is 108 cm³/mol. The number of sulfonamides is 1. The van der Waals surface area contributed by atoms with E-state index in [1.165, 1.54) is 0 Å². The van der Waals surface area contributed by atoms with E-state index in [0.29, 0.717) is 22.0 Å². The molecule has 0 unspecified atom stereocenters. The van der Waals surface area contributed by atoms with Crippen LogP contribution in [0.2, 0.25) is 5.02 Å². The molecule has 8 heteroatoms. The van der Waals surface area contributed by atoms with E-state index in [2.05, 4.69) is 5.32 Å². The first kappa shape index (κ1) is 21.2. The Morgan fingerprint density at radius 1 is 1.15 bits per heavy atom. The third-order valence-corrected chi connectivity index (χ3v) is 5.18. The van der Waals surface area contributed by atoms with Gasteiger partial charge in [-0.25, -0.2) is 8.42 Å². The molecule has 0 heterocycles. The number of nitrogens with zero attached hydrogens (tertiary/aromatic N) is 1. The first-order chi connectivity index (χ1) is 12.7. The number of hydrogen-bond donors (Lipinski definition) is 1. The number of halogens is 1. The fourth-order valence-corrected chi connectivity index (χ4v) is 3.30. The number of nitrogens with one attached hydrogen (secondary N) is 1. The summed E-state index contributed by atoms with van der Waals surface area (Å²) in [4.78, 5) is 12.5. The molecule has 0 aromatic heterocycles. The number of hydrogen-bond acceptors (Lipinski definition) is 4. The van der Waals surface area contributed by atoms with E-state index in [1.54, 1.807) is 48.5 Å². The van der Waals surface area contributed by atoms with Crippen molar-refractivity contribution in [2.24, 2.45) is 0 Å². The molecule has 0 fully saturated rings. The zero-order chi connectivity index (χ0) is 20.0. The molecule has 0 bridgehead atoms. The summed E-state index contributed by atoms with van der Waals surface area (Å²) in [6, 6.07) is 13.9. The number of carbonyl (C=O) groups is 1. The molecule has 0 saturated carbocycles. The molecule has 0 saturated heterocycles. The van der Waals surface area contributed by atoms with Gasteiger partial charge in [0.25, 0.3) is 0 Å². The normalized spacial score (nSPS) is 11.6. The molecular weight excluding hydrogens is 388 g/mol. The number of carbonyl (C=O) groups excluding carboxylic acids is 1. The van der Waals surface area contributed by atoms with E-state index in [0.717, 1.165) is 10.6 Å². The average Bonchev–Trinajstić information content (AvgIpc) is 2.56. The van der Waals surface area contributed by atoms with Crippen molar-refractivity contribution in [2.75, 3.05) is 18.1 Å². The molecule has 0 radical (unpaired) electrons. The van der Waals surface area contributed by atoms with Crippen LogP contribution in [-0.2, 0) is 21.4 Å². The lowest BCUT2D eigenvalue weighted by molar-refractivity contribution is -0.116. The van der Waals surface area contributed by atoms with E-state index in [1.807, 2.05) is 13.8 Å². The molecule has 0 aliphatic carbocycles. The van der Waals surface area contributed by atoms with Crippen molar-refractivity contribution in [3.05, 3.63) is 59.1 Å². The number of benzene rings is 2. The van der Waals surface area contributed by atoms with E-state index in [-0.39, 0.29) is 19.2 Å². The standard InChI is InChI=1S/C19H23ClN2O4S/c1-14(2)26-18-11-7-6-10-17(18)21-19(23)13-22(27(3,24)25)12-15-8-4-5-9-16(15)20/h4-11,14H,12-13H2,1-3H3,(H,21,23). The summed E-state index contributed by atoms with van der Waals surface area (Å²) in [6.07, 6.45) is 1.00. The monoisotopic (exact) mass is 410 g/mol. The third kappa shape index (κ3) is 6.53. The van der Waals surface area contributed by atoms with Crippen LogP contribution in [0.4, 0.5) is 5.69 Å². The third-order valence-electron chi connectivity index (χ3n) is 3.62. The number of amides is 1. The van der Waals surface area contributed by atoms with Gasteiger partial charge in [0.1, 0.15) is 5.75 Å². The van der Waals surface area contributed by atoms with Gasteiger partial charge < -0.3 is 10.1 Å². The Bertz CT molecular complexity index is 900. The van der Waals surface area contributed by atoms with Crippen molar-refractivity contribution in [3.63, 3.8) is 0 Å². The van der Waals surface area contributed by atoms with Crippen LogP contribution in [0.25, 0.3) is 0 Å². The fraction of sp³-hybridized carbons (Fsp3) is 0.316. The number of rotatable bonds is 8. The minimum atomic E-state index is -3.61. The summed E-state index contributed by atoms with van der Waals surface area (Å²) < 4.78 is 31.0. The largest absolute Gasteiger partial charge is 0.489 e. The molecule has 2 rings (SSSR count). The lowest BCUT2D eigenvalue weighted by Crippen LogP contribution is -2.37. The second-order valence-electron chi connectivity index (χ2n) is 6.33. The van der Waals surface area contributed by atoms with Gasteiger partial charge in [0, 0.05) is 11.6 Å². The van der Waals surface area contributed by atoms with Crippen LogP contribution in [0, 0.1) is 0 Å². The number of ether oxygens (including phenoxy) is 1. The zero-order valence-corrected chi connectivity index (χ0v) is 17.0. The quantitative estimate of drug-likeness (QED) is 0.722. The molecule has 0 atom stereocenters. The van der Waals surface area contributed by atoms with E-state index >= 15 is 0 Å². The Morgan fingerprint density at radius 2 is 1.78 bits per heavy atom. The molecule has 0 aliphatic rings. The van der Waals surface area contributed by atoms with Crippen molar-refractivity contribution < 1.29 is 17.9 Å². The Kier molecular flexibility index (Phi) is 7.24. The van der Waals surface area contributed by atoms with Gasteiger partial charge in [-0.05, 0) is 37.6 Å². The van der Waals surface area contributed by atoms with Crippen molar-refractivity contribution >= 4 is 33.2 Å². The van der Waals surface area contributed by atoms with Gasteiger partial charge in [-0.2, -0.15) is 4.31 Å². The van der Waals surface area contributed by atoms with Gasteiger partial charge in [0.05, 0.1) is 24.6 Å². The topological polar surface area (TPSA) is 75.7 Å². The second kappa shape index (κ2) is 9.21. The molecule has 2 aromatic carbocycles. The highest BCUT2D eigenvalue weighted by Gasteiger charge is 2.22. The summed E-state index contributed by atoms with van der Waals surface area (Å²) >= 11 is 6.12. The van der Waals surface area contributed by atoms with Crippen molar-refractivity contribution in [1.29, 1.82) is 0 Å². The molecule has 0 aliphatic heterocycles. The van der Waals surface area contributed by atoms with Gasteiger partial charge in [-0.1, -0.05) is 41.9 Å². The summed E-state index contributed by atoms with van der Waals surface area (Å²) in [5.41, 5.74) is 1.11. The average molecular weight is 411 g/mol. The van der Waals surface area contributed by atoms with Gasteiger partial charge >= 0.3 is 0 Å². The number of anilines is 1. The number of para-hydroxylation sites is 2. The maximum absolute atomic E-state index is 12.5. The van der Waals surface area contributed by atoms with E-state index < -0.39 is 15.9 Å². The minimum absolute atomic E-state index is 0.00999. The van der Waals surface area contributed by atoms with Crippen molar-refractivity contribution in [3.8, 4) is 5.75 Å². The SMILES string of the molecule is CC(C)Oc1ccccc1NC(=O)CN(Cc1ccccc1Cl)S(C)(=O)=O. The summed E-state index contributed by atoms with van der Waals surface area (Å²) in [7, 11) is -3.61. The maximum Gasteiger partial charge on any atom is 0.239 e. The highest BCUT2D eigenvalue weighted by molar-refractivity contribution is 7.88. The molecule has 1 N–H and O–H groups in total. The second-order valence-corrected chi connectivity index (χ2v) is 8.72. The molecule has 146 valence electrons. The molecule has 27 heavy (non-hydrogen) atoms. The van der Waals surface area contributed by atoms with Crippen LogP contribution in [0.15, 0.2) is 48.5 Å².